The molecule has 0 N–H and O–H groups in total. The molecule has 0 radical (unpaired) electrons. The molecule has 0 aliphatic rings. The Morgan fingerprint density at radius 1 is 0.757 bits per heavy atom. The average molecular weight is 561 g/mol. The largest absolute Gasteiger partial charge is 1.00 e. The van der Waals surface area contributed by atoms with Gasteiger partial charge in [-0.25, -0.2) is 18.0 Å². The summed E-state index contributed by atoms with van der Waals surface area (Å²) in [6, 6.07) is 3.53. The molecule has 0 spiro atoms. The van der Waals surface area contributed by atoms with Gasteiger partial charge in [0.1, 0.15) is 10.1 Å². The number of carbonyl (C=O) groups is 2. The molecule has 9 heteroatoms. The summed E-state index contributed by atoms with van der Waals surface area (Å²) in [6.45, 7) is 4.20. The van der Waals surface area contributed by atoms with Gasteiger partial charge in [0, 0.05) is 0 Å². The van der Waals surface area contributed by atoms with Gasteiger partial charge in [-0.05, 0) is 64.5 Å². The fraction of sp³-hybridized carbons (Fsp3) is 0.571. The van der Waals surface area contributed by atoms with E-state index in [0.29, 0.717) is 12.8 Å². The number of hydrogen-bond acceptors (Lipinski definition) is 7. The van der Waals surface area contributed by atoms with Crippen LogP contribution in [0.25, 0.3) is 0 Å². The van der Waals surface area contributed by atoms with Crippen LogP contribution in [0.15, 0.2) is 47.4 Å². The summed E-state index contributed by atoms with van der Waals surface area (Å²) < 4.78 is 45.8. The van der Waals surface area contributed by atoms with Gasteiger partial charge < -0.3 is 14.0 Å². The molecule has 0 heterocycles. The molecular formula is C28H41KO7S. The quantitative estimate of drug-likeness (QED) is 0.0833. The Balaban J connectivity index is 0.0000130. The zero-order valence-electron chi connectivity index (χ0n) is 22.7. The van der Waals surface area contributed by atoms with Gasteiger partial charge in [-0.3, -0.25) is 0 Å². The second-order valence-corrected chi connectivity index (χ2v) is 10.0. The smallest absolute Gasteiger partial charge is 0.744 e. The number of hydrogen-bond donors (Lipinski definition) is 0. The topological polar surface area (TPSA) is 110 Å². The van der Waals surface area contributed by atoms with Crippen molar-refractivity contribution in [2.45, 2.75) is 95.8 Å². The molecule has 202 valence electrons. The summed E-state index contributed by atoms with van der Waals surface area (Å²) >= 11 is 0. The van der Waals surface area contributed by atoms with E-state index < -0.39 is 32.5 Å². The number of benzene rings is 1. The van der Waals surface area contributed by atoms with Crippen molar-refractivity contribution in [2.75, 3.05) is 13.2 Å². The molecule has 1 rings (SSSR count). The third-order valence-electron chi connectivity index (χ3n) is 5.69. The van der Waals surface area contributed by atoms with Crippen molar-refractivity contribution in [2.24, 2.45) is 0 Å². The first kappa shape index (κ1) is 36.2. The zero-order chi connectivity index (χ0) is 26.7. The van der Waals surface area contributed by atoms with Crippen LogP contribution in [-0.4, -0.2) is 38.1 Å². The normalized spacial score (nSPS) is 11.5. The molecule has 0 aliphatic heterocycles. The van der Waals surface area contributed by atoms with Crippen molar-refractivity contribution < 1.29 is 83.4 Å². The van der Waals surface area contributed by atoms with Crippen molar-refractivity contribution in [1.82, 2.24) is 0 Å². The van der Waals surface area contributed by atoms with Crippen molar-refractivity contribution >= 4 is 22.1 Å². The molecule has 0 fully saturated rings. The van der Waals surface area contributed by atoms with E-state index in [0.717, 1.165) is 70.3 Å². The van der Waals surface area contributed by atoms with Crippen LogP contribution in [-0.2, 0) is 19.6 Å². The van der Waals surface area contributed by atoms with Crippen molar-refractivity contribution in [1.29, 1.82) is 0 Å². The number of carbonyl (C=O) groups excluding carboxylic acids is 2. The molecule has 0 aromatic heterocycles. The summed E-state index contributed by atoms with van der Waals surface area (Å²) in [5, 5.41) is 0. The minimum absolute atomic E-state index is 0. The van der Waals surface area contributed by atoms with Gasteiger partial charge in [-0.2, -0.15) is 0 Å². The second kappa shape index (κ2) is 22.0. The van der Waals surface area contributed by atoms with Crippen molar-refractivity contribution in [3.05, 3.63) is 53.6 Å². The third-order valence-corrected chi connectivity index (χ3v) is 6.57. The van der Waals surface area contributed by atoms with Gasteiger partial charge in [0.15, 0.2) is 0 Å². The van der Waals surface area contributed by atoms with Gasteiger partial charge in [-0.1, -0.05) is 68.9 Å². The Morgan fingerprint density at radius 2 is 1.22 bits per heavy atom. The predicted octanol–water partition coefficient (Wildman–Crippen LogP) is 3.74. The van der Waals surface area contributed by atoms with Crippen LogP contribution < -0.4 is 51.4 Å². The molecule has 0 unspecified atom stereocenters. The monoisotopic (exact) mass is 560 g/mol. The maximum Gasteiger partial charge on any atom is 1.00 e. The maximum absolute atomic E-state index is 12.7. The minimum Gasteiger partial charge on any atom is -0.744 e. The number of rotatable bonds is 19. The molecule has 0 amide bonds. The Hall–Kier alpha value is -0.814. The minimum atomic E-state index is -5.00. The first-order valence-electron chi connectivity index (χ1n) is 13.0. The summed E-state index contributed by atoms with van der Waals surface area (Å²) in [5.74, 6) is -1.85. The second-order valence-electron chi connectivity index (χ2n) is 8.66. The summed E-state index contributed by atoms with van der Waals surface area (Å²) in [7, 11) is -5.00. The van der Waals surface area contributed by atoms with E-state index in [4.69, 9.17) is 9.47 Å². The van der Waals surface area contributed by atoms with E-state index in [1.54, 1.807) is 0 Å². The SMILES string of the molecule is C/C=C/CCCCCCCOC(=O)c1cccc(S(=O)(=O)[O-])c1C(=O)OCCCCCCC/C=C/C.[K+]. The van der Waals surface area contributed by atoms with Crippen LogP contribution in [0.1, 0.15) is 112 Å². The van der Waals surface area contributed by atoms with E-state index in [-0.39, 0.29) is 70.2 Å². The first-order valence-corrected chi connectivity index (χ1v) is 14.4. The molecule has 0 saturated heterocycles. The molecule has 0 atom stereocenters. The fourth-order valence-electron chi connectivity index (χ4n) is 3.72. The fourth-order valence-corrected chi connectivity index (χ4v) is 4.41. The first-order chi connectivity index (χ1) is 17.3. The van der Waals surface area contributed by atoms with E-state index in [9.17, 15) is 22.6 Å². The van der Waals surface area contributed by atoms with Gasteiger partial charge in [0.05, 0.1) is 29.2 Å². The van der Waals surface area contributed by atoms with Gasteiger partial charge in [-0.15, -0.1) is 0 Å². The third kappa shape index (κ3) is 16.0. The number of allylic oxidation sites excluding steroid dienone is 4. The number of ether oxygens (including phenoxy) is 2. The Kier molecular flexibility index (Phi) is 21.6. The van der Waals surface area contributed by atoms with Crippen LogP contribution in [0.2, 0.25) is 0 Å². The molecule has 1 aromatic carbocycles. The molecule has 37 heavy (non-hydrogen) atoms. The van der Waals surface area contributed by atoms with Crippen LogP contribution in [0.5, 0.6) is 0 Å². The van der Waals surface area contributed by atoms with E-state index in [1.165, 1.54) is 12.1 Å². The van der Waals surface area contributed by atoms with E-state index in [2.05, 4.69) is 12.2 Å². The molecular weight excluding hydrogens is 519 g/mol. The number of esters is 2. The Bertz CT molecular complexity index is 955. The van der Waals surface area contributed by atoms with Crippen molar-refractivity contribution in [3.63, 3.8) is 0 Å². The summed E-state index contributed by atoms with van der Waals surface area (Å²) in [4.78, 5) is 24.6. The van der Waals surface area contributed by atoms with E-state index >= 15 is 0 Å². The number of unbranched alkanes of at least 4 members (excludes halogenated alkanes) is 10. The molecule has 7 nitrogen and oxygen atoms in total. The summed E-state index contributed by atoms with van der Waals surface area (Å²) in [5.41, 5.74) is -0.819. The van der Waals surface area contributed by atoms with Gasteiger partial charge >= 0.3 is 63.3 Å². The molecule has 0 aliphatic carbocycles. The van der Waals surface area contributed by atoms with Crippen LogP contribution in [0.4, 0.5) is 0 Å². The Labute approximate surface area is 265 Å². The van der Waals surface area contributed by atoms with Gasteiger partial charge in [0.25, 0.3) is 0 Å². The average Bonchev–Trinajstić information content (AvgIpc) is 2.85. The maximum atomic E-state index is 12.7. The van der Waals surface area contributed by atoms with E-state index in [1.807, 2.05) is 26.0 Å². The molecule has 0 saturated carbocycles. The molecule has 1 aromatic rings. The van der Waals surface area contributed by atoms with Crippen LogP contribution in [0, 0.1) is 0 Å². The van der Waals surface area contributed by atoms with Crippen molar-refractivity contribution in [3.8, 4) is 0 Å². The standard InChI is InChI=1S/C28H42O7S.K/c1-3-5-7-9-11-13-15-17-22-34-27(29)24-20-19-21-25(36(31,32)33)26(24)28(30)35-23-18-16-14-12-10-8-6-4-2;/h3-6,19-21H,7-18,22-23H2,1-2H3,(H,31,32,33);/q;+1/p-1/b5-3+,6-4+;. The van der Waals surface area contributed by atoms with Gasteiger partial charge in [0.2, 0.25) is 0 Å². The van der Waals surface area contributed by atoms with Crippen LogP contribution in [0.3, 0.4) is 0 Å². The zero-order valence-corrected chi connectivity index (χ0v) is 26.6. The van der Waals surface area contributed by atoms with Crippen LogP contribution >= 0.6 is 0 Å². The predicted molar refractivity (Wildman–Crippen MR) is 140 cm³/mol. The molecule has 0 bridgehead atoms. The summed E-state index contributed by atoms with van der Waals surface area (Å²) in [6.07, 6.45) is 19.8. The Morgan fingerprint density at radius 3 is 1.70 bits per heavy atom.